The molecule has 0 bridgehead atoms. The molecule has 6 nitrogen and oxygen atoms in total. The number of nitrogens with one attached hydrogen (secondary N) is 2. The summed E-state index contributed by atoms with van der Waals surface area (Å²) in [6.45, 7) is 3.35. The summed E-state index contributed by atoms with van der Waals surface area (Å²) in [7, 11) is 0. The van der Waals surface area contributed by atoms with E-state index < -0.39 is 5.91 Å². The van der Waals surface area contributed by atoms with E-state index in [0.29, 0.717) is 16.8 Å². The van der Waals surface area contributed by atoms with Crippen molar-refractivity contribution < 1.29 is 14.4 Å². The maximum Gasteiger partial charge on any atom is 0.274 e. The minimum atomic E-state index is -0.462. The van der Waals surface area contributed by atoms with Crippen molar-refractivity contribution >= 4 is 23.3 Å². The van der Waals surface area contributed by atoms with Crippen LogP contribution in [-0.4, -0.2) is 22.6 Å². The van der Waals surface area contributed by atoms with Crippen LogP contribution in [0.25, 0.3) is 0 Å². The zero-order valence-corrected chi connectivity index (χ0v) is 16.2. The highest BCUT2D eigenvalue weighted by atomic mass is 16.2. The molecule has 3 rings (SSSR count). The molecule has 0 radical (unpaired) electrons. The Hall–Kier alpha value is -3.80. The Morgan fingerprint density at radius 3 is 2.34 bits per heavy atom. The molecule has 0 aliphatic heterocycles. The Morgan fingerprint density at radius 2 is 1.62 bits per heavy atom. The van der Waals surface area contributed by atoms with Gasteiger partial charge < -0.3 is 10.6 Å². The molecule has 6 heteroatoms. The lowest BCUT2D eigenvalue weighted by molar-refractivity contribution is 0.0939. The van der Waals surface area contributed by atoms with Gasteiger partial charge in [0, 0.05) is 23.0 Å². The molecule has 0 saturated carbocycles. The van der Waals surface area contributed by atoms with E-state index >= 15 is 0 Å². The Morgan fingerprint density at radius 1 is 0.862 bits per heavy atom. The van der Waals surface area contributed by atoms with Gasteiger partial charge in [0.05, 0.1) is 6.04 Å². The van der Waals surface area contributed by atoms with Crippen molar-refractivity contribution in [2.24, 2.45) is 0 Å². The quantitative estimate of drug-likeness (QED) is 0.625. The summed E-state index contributed by atoms with van der Waals surface area (Å²) < 4.78 is 0. The van der Waals surface area contributed by atoms with Crippen molar-refractivity contribution in [3.05, 3.63) is 95.3 Å². The molecule has 0 spiro atoms. The molecule has 3 aromatic rings. The van der Waals surface area contributed by atoms with E-state index in [9.17, 15) is 14.4 Å². The van der Waals surface area contributed by atoms with Crippen LogP contribution in [0, 0.1) is 0 Å². The van der Waals surface area contributed by atoms with Gasteiger partial charge in [-0.3, -0.25) is 19.4 Å². The minimum absolute atomic E-state index is 0.0922. The van der Waals surface area contributed by atoms with Gasteiger partial charge in [0.1, 0.15) is 5.69 Å². The van der Waals surface area contributed by atoms with E-state index in [1.54, 1.807) is 30.3 Å². The van der Waals surface area contributed by atoms with Crippen molar-refractivity contribution in [3.63, 3.8) is 0 Å². The third-order valence-corrected chi connectivity index (χ3v) is 4.43. The standard InChI is InChI=1S/C23H21N3O3/c1-15(17-7-4-3-5-8-17)25-22(28)19-11-12-24-21(14-19)23(29)26-20-10-6-9-18(13-20)16(2)27/h3-15H,1-2H3,(H,25,28)(H,26,29). The van der Waals surface area contributed by atoms with Gasteiger partial charge in [-0.25, -0.2) is 0 Å². The molecule has 0 saturated heterocycles. The third-order valence-electron chi connectivity index (χ3n) is 4.43. The van der Waals surface area contributed by atoms with Crippen LogP contribution in [0.2, 0.25) is 0 Å². The number of carbonyl (C=O) groups excluding carboxylic acids is 3. The largest absolute Gasteiger partial charge is 0.346 e. The van der Waals surface area contributed by atoms with Crippen LogP contribution >= 0.6 is 0 Å². The van der Waals surface area contributed by atoms with Crippen molar-refractivity contribution in [3.8, 4) is 0 Å². The second kappa shape index (κ2) is 8.93. The normalized spacial score (nSPS) is 11.4. The summed E-state index contributed by atoms with van der Waals surface area (Å²) in [5.74, 6) is -0.849. The maximum absolute atomic E-state index is 12.6. The molecule has 1 aromatic heterocycles. The van der Waals surface area contributed by atoms with Gasteiger partial charge >= 0.3 is 0 Å². The molecule has 0 aliphatic carbocycles. The van der Waals surface area contributed by atoms with Gasteiger partial charge in [-0.15, -0.1) is 0 Å². The monoisotopic (exact) mass is 387 g/mol. The number of ketones is 1. The van der Waals surface area contributed by atoms with Crippen LogP contribution in [0.5, 0.6) is 0 Å². The molecule has 0 fully saturated rings. The molecule has 2 aromatic carbocycles. The number of rotatable bonds is 6. The Labute approximate surface area is 169 Å². The van der Waals surface area contributed by atoms with Gasteiger partial charge in [0.15, 0.2) is 5.78 Å². The van der Waals surface area contributed by atoms with E-state index in [4.69, 9.17) is 0 Å². The van der Waals surface area contributed by atoms with E-state index in [1.165, 1.54) is 19.2 Å². The first kappa shape index (κ1) is 19.9. The highest BCUT2D eigenvalue weighted by Crippen LogP contribution is 2.14. The summed E-state index contributed by atoms with van der Waals surface area (Å²) in [4.78, 5) is 40.6. The average Bonchev–Trinajstić information content (AvgIpc) is 2.74. The number of aromatic nitrogens is 1. The van der Waals surface area contributed by atoms with Gasteiger partial charge in [-0.05, 0) is 43.7 Å². The van der Waals surface area contributed by atoms with Gasteiger partial charge in [-0.1, -0.05) is 42.5 Å². The van der Waals surface area contributed by atoms with Crippen LogP contribution in [0.15, 0.2) is 72.9 Å². The van der Waals surface area contributed by atoms with Crippen molar-refractivity contribution in [2.75, 3.05) is 5.32 Å². The predicted octanol–water partition coefficient (Wildman–Crippen LogP) is 4.03. The highest BCUT2D eigenvalue weighted by Gasteiger charge is 2.15. The van der Waals surface area contributed by atoms with Crippen LogP contribution < -0.4 is 10.6 Å². The van der Waals surface area contributed by atoms with E-state index in [1.807, 2.05) is 37.3 Å². The fraction of sp³-hybridized carbons (Fsp3) is 0.130. The summed E-state index contributed by atoms with van der Waals surface area (Å²) in [5.41, 5.74) is 2.41. The van der Waals surface area contributed by atoms with Crippen molar-refractivity contribution in [1.82, 2.24) is 10.3 Å². The summed E-state index contributed by atoms with van der Waals surface area (Å²) in [6.07, 6.45) is 1.42. The van der Waals surface area contributed by atoms with Gasteiger partial charge in [-0.2, -0.15) is 0 Å². The third kappa shape index (κ3) is 5.13. The molecular formula is C23H21N3O3. The predicted molar refractivity (Wildman–Crippen MR) is 111 cm³/mol. The molecule has 2 amide bonds. The average molecular weight is 387 g/mol. The number of Topliss-reactive ketones (excluding diaryl/α,β-unsaturated/α-hetero) is 1. The number of amides is 2. The number of anilines is 1. The molecule has 146 valence electrons. The van der Waals surface area contributed by atoms with E-state index in [0.717, 1.165) is 5.56 Å². The zero-order valence-electron chi connectivity index (χ0n) is 16.2. The first-order chi connectivity index (χ1) is 13.9. The number of hydrogen-bond acceptors (Lipinski definition) is 4. The fourth-order valence-corrected chi connectivity index (χ4v) is 2.81. The number of benzene rings is 2. The van der Waals surface area contributed by atoms with Crippen LogP contribution in [0.1, 0.15) is 56.7 Å². The second-order valence-electron chi connectivity index (χ2n) is 6.63. The number of carbonyl (C=O) groups is 3. The molecule has 1 atom stereocenters. The summed E-state index contributed by atoms with van der Waals surface area (Å²) in [6, 6.07) is 19.1. The number of hydrogen-bond donors (Lipinski definition) is 2. The second-order valence-corrected chi connectivity index (χ2v) is 6.63. The summed E-state index contributed by atoms with van der Waals surface area (Å²) in [5, 5.41) is 5.61. The highest BCUT2D eigenvalue weighted by molar-refractivity contribution is 6.05. The minimum Gasteiger partial charge on any atom is -0.346 e. The van der Waals surface area contributed by atoms with Crippen LogP contribution in [0.4, 0.5) is 5.69 Å². The Balaban J connectivity index is 1.71. The molecule has 1 unspecified atom stereocenters. The molecule has 29 heavy (non-hydrogen) atoms. The smallest absolute Gasteiger partial charge is 0.274 e. The van der Waals surface area contributed by atoms with E-state index in [2.05, 4.69) is 15.6 Å². The lowest BCUT2D eigenvalue weighted by Crippen LogP contribution is -2.27. The lowest BCUT2D eigenvalue weighted by atomic mass is 10.1. The maximum atomic E-state index is 12.6. The van der Waals surface area contributed by atoms with Gasteiger partial charge in [0.2, 0.25) is 0 Å². The molecular weight excluding hydrogens is 366 g/mol. The Kier molecular flexibility index (Phi) is 6.14. The molecule has 0 aliphatic rings. The fourth-order valence-electron chi connectivity index (χ4n) is 2.81. The number of nitrogens with zero attached hydrogens (tertiary/aromatic N) is 1. The van der Waals surface area contributed by atoms with E-state index in [-0.39, 0.29) is 23.4 Å². The van der Waals surface area contributed by atoms with Crippen LogP contribution in [0.3, 0.4) is 0 Å². The lowest BCUT2D eigenvalue weighted by Gasteiger charge is -2.14. The number of pyridine rings is 1. The first-order valence-corrected chi connectivity index (χ1v) is 9.18. The summed E-state index contributed by atoms with van der Waals surface area (Å²) >= 11 is 0. The van der Waals surface area contributed by atoms with Crippen molar-refractivity contribution in [2.45, 2.75) is 19.9 Å². The molecule has 2 N–H and O–H groups in total. The first-order valence-electron chi connectivity index (χ1n) is 9.18. The van der Waals surface area contributed by atoms with Crippen LogP contribution in [-0.2, 0) is 0 Å². The van der Waals surface area contributed by atoms with Crippen molar-refractivity contribution in [1.29, 1.82) is 0 Å². The van der Waals surface area contributed by atoms with Gasteiger partial charge in [0.25, 0.3) is 11.8 Å². The SMILES string of the molecule is CC(=O)c1cccc(NC(=O)c2cc(C(=O)NC(C)c3ccccc3)ccn2)c1. The molecule has 1 heterocycles. The Bertz CT molecular complexity index is 1050. The topological polar surface area (TPSA) is 88.2 Å². The zero-order chi connectivity index (χ0) is 20.8.